The summed E-state index contributed by atoms with van der Waals surface area (Å²) in [4.78, 5) is 11.5. The van der Waals surface area contributed by atoms with E-state index in [0.29, 0.717) is 6.42 Å². The average Bonchev–Trinajstić information content (AvgIpc) is 2.35. The minimum Gasteiger partial charge on any atom is -0.388 e. The largest absolute Gasteiger partial charge is 0.388 e. The van der Waals surface area contributed by atoms with Crippen molar-refractivity contribution in [1.29, 1.82) is 0 Å². The van der Waals surface area contributed by atoms with E-state index >= 15 is 0 Å². The van der Waals surface area contributed by atoms with E-state index in [1.54, 1.807) is 6.92 Å². The summed E-state index contributed by atoms with van der Waals surface area (Å²) in [6, 6.07) is 9.53. The fourth-order valence-electron chi connectivity index (χ4n) is 1.21. The van der Waals surface area contributed by atoms with Gasteiger partial charge in [-0.25, -0.2) is 0 Å². The molecule has 94 valence electrons. The Balaban J connectivity index is 2.27. The monoisotopic (exact) mass is 236 g/mol. The van der Waals surface area contributed by atoms with Crippen LogP contribution in [0.15, 0.2) is 30.3 Å². The number of amides is 1. The molecular formula is C13H20N2O2. The number of nitrogens with one attached hydrogen (secondary N) is 2. The topological polar surface area (TPSA) is 61.4 Å². The van der Waals surface area contributed by atoms with E-state index in [2.05, 4.69) is 10.6 Å². The van der Waals surface area contributed by atoms with Crippen molar-refractivity contribution in [2.75, 3.05) is 18.4 Å². The zero-order valence-electron chi connectivity index (χ0n) is 10.4. The number of hydrogen-bond donors (Lipinski definition) is 3. The van der Waals surface area contributed by atoms with E-state index < -0.39 is 5.60 Å². The molecule has 0 radical (unpaired) electrons. The van der Waals surface area contributed by atoms with Crippen LogP contribution in [0.5, 0.6) is 0 Å². The third-order valence-electron chi connectivity index (χ3n) is 2.65. The summed E-state index contributed by atoms with van der Waals surface area (Å²) in [6.07, 6.45) is 0.611. The highest BCUT2D eigenvalue weighted by molar-refractivity contribution is 5.80. The van der Waals surface area contributed by atoms with Crippen LogP contribution in [0, 0.1) is 0 Å². The Morgan fingerprint density at radius 2 is 2.00 bits per heavy atom. The predicted molar refractivity (Wildman–Crippen MR) is 68.9 cm³/mol. The Morgan fingerprint density at radius 3 is 2.59 bits per heavy atom. The zero-order chi connectivity index (χ0) is 12.7. The van der Waals surface area contributed by atoms with E-state index in [1.165, 1.54) is 0 Å². The molecule has 1 atom stereocenters. The Hall–Kier alpha value is -1.55. The van der Waals surface area contributed by atoms with Crippen molar-refractivity contribution < 1.29 is 9.90 Å². The maximum atomic E-state index is 11.5. The summed E-state index contributed by atoms with van der Waals surface area (Å²) in [5.41, 5.74) is 0.0764. The lowest BCUT2D eigenvalue weighted by atomic mass is 10.0. The second kappa shape index (κ2) is 6.25. The number of anilines is 1. The van der Waals surface area contributed by atoms with Crippen LogP contribution in [0.1, 0.15) is 20.3 Å². The molecule has 0 aliphatic rings. The molecule has 0 spiro atoms. The highest BCUT2D eigenvalue weighted by Crippen LogP contribution is 2.06. The van der Waals surface area contributed by atoms with Gasteiger partial charge in [-0.1, -0.05) is 25.1 Å². The summed E-state index contributed by atoms with van der Waals surface area (Å²) in [6.45, 7) is 4.08. The maximum Gasteiger partial charge on any atom is 0.239 e. The summed E-state index contributed by atoms with van der Waals surface area (Å²) in [7, 11) is 0. The molecule has 0 heterocycles. The molecule has 0 bridgehead atoms. The highest BCUT2D eigenvalue weighted by Gasteiger charge is 2.17. The normalized spacial score (nSPS) is 13.8. The van der Waals surface area contributed by atoms with E-state index in [9.17, 15) is 9.90 Å². The number of benzene rings is 1. The number of carbonyl (C=O) groups is 1. The lowest BCUT2D eigenvalue weighted by Crippen LogP contribution is -2.42. The maximum absolute atomic E-state index is 11.5. The van der Waals surface area contributed by atoms with Gasteiger partial charge in [0.15, 0.2) is 0 Å². The molecule has 1 rings (SSSR count). The van der Waals surface area contributed by atoms with Crippen molar-refractivity contribution in [3.05, 3.63) is 30.3 Å². The standard InChI is InChI=1S/C13H20N2O2/c1-3-13(2,17)10-15-12(16)9-14-11-7-5-4-6-8-11/h4-8,14,17H,3,9-10H2,1-2H3,(H,15,16). The first-order valence-electron chi connectivity index (χ1n) is 5.81. The molecule has 0 saturated carbocycles. The van der Waals surface area contributed by atoms with Crippen molar-refractivity contribution in [3.63, 3.8) is 0 Å². The van der Waals surface area contributed by atoms with Gasteiger partial charge in [-0.15, -0.1) is 0 Å². The third kappa shape index (κ3) is 5.36. The van der Waals surface area contributed by atoms with Crippen LogP contribution in [0.3, 0.4) is 0 Å². The van der Waals surface area contributed by atoms with Crippen LogP contribution in [0.25, 0.3) is 0 Å². The lowest BCUT2D eigenvalue weighted by Gasteiger charge is -2.21. The first-order chi connectivity index (χ1) is 8.03. The lowest BCUT2D eigenvalue weighted by molar-refractivity contribution is -0.120. The van der Waals surface area contributed by atoms with Gasteiger partial charge in [-0.05, 0) is 25.5 Å². The molecule has 0 fully saturated rings. The first-order valence-corrected chi connectivity index (χ1v) is 5.81. The van der Waals surface area contributed by atoms with E-state index in [0.717, 1.165) is 5.69 Å². The van der Waals surface area contributed by atoms with Gasteiger partial charge < -0.3 is 15.7 Å². The molecule has 17 heavy (non-hydrogen) atoms. The molecule has 1 amide bonds. The van der Waals surface area contributed by atoms with Crippen LogP contribution < -0.4 is 10.6 Å². The average molecular weight is 236 g/mol. The quantitative estimate of drug-likeness (QED) is 0.699. The molecule has 0 aliphatic heterocycles. The number of aliphatic hydroxyl groups is 1. The van der Waals surface area contributed by atoms with Crippen molar-refractivity contribution in [3.8, 4) is 0 Å². The Kier molecular flexibility index (Phi) is 4.97. The van der Waals surface area contributed by atoms with Crippen molar-refractivity contribution >= 4 is 11.6 Å². The first kappa shape index (κ1) is 13.5. The molecule has 1 aromatic carbocycles. The number of para-hydroxylation sites is 1. The highest BCUT2D eigenvalue weighted by atomic mass is 16.3. The van der Waals surface area contributed by atoms with Crippen LogP contribution in [-0.4, -0.2) is 29.7 Å². The van der Waals surface area contributed by atoms with Gasteiger partial charge in [0.05, 0.1) is 12.1 Å². The fourth-order valence-corrected chi connectivity index (χ4v) is 1.21. The Morgan fingerprint density at radius 1 is 1.35 bits per heavy atom. The summed E-state index contributed by atoms with van der Waals surface area (Å²) < 4.78 is 0. The number of hydrogen-bond acceptors (Lipinski definition) is 3. The van der Waals surface area contributed by atoms with Crippen molar-refractivity contribution in [1.82, 2.24) is 5.32 Å². The van der Waals surface area contributed by atoms with Gasteiger partial charge in [0.2, 0.25) is 5.91 Å². The van der Waals surface area contributed by atoms with Crippen LogP contribution in [-0.2, 0) is 4.79 Å². The van der Waals surface area contributed by atoms with Gasteiger partial charge in [-0.3, -0.25) is 4.79 Å². The molecule has 0 saturated heterocycles. The smallest absolute Gasteiger partial charge is 0.239 e. The van der Waals surface area contributed by atoms with E-state index in [-0.39, 0.29) is 19.0 Å². The molecule has 1 aromatic rings. The fraction of sp³-hybridized carbons (Fsp3) is 0.462. The van der Waals surface area contributed by atoms with Gasteiger partial charge >= 0.3 is 0 Å². The molecule has 0 aromatic heterocycles. The Labute approximate surface area is 102 Å². The van der Waals surface area contributed by atoms with Crippen molar-refractivity contribution in [2.45, 2.75) is 25.9 Å². The number of rotatable bonds is 6. The van der Waals surface area contributed by atoms with Crippen LogP contribution in [0.2, 0.25) is 0 Å². The van der Waals surface area contributed by atoms with Gasteiger partial charge in [0, 0.05) is 12.2 Å². The molecule has 4 heteroatoms. The zero-order valence-corrected chi connectivity index (χ0v) is 10.4. The second-order valence-corrected chi connectivity index (χ2v) is 4.35. The summed E-state index contributed by atoms with van der Waals surface area (Å²) >= 11 is 0. The van der Waals surface area contributed by atoms with Gasteiger partial charge in [-0.2, -0.15) is 0 Å². The second-order valence-electron chi connectivity index (χ2n) is 4.35. The summed E-state index contributed by atoms with van der Waals surface area (Å²) in [5.74, 6) is -0.123. The van der Waals surface area contributed by atoms with Crippen LogP contribution >= 0.6 is 0 Å². The molecule has 0 aliphatic carbocycles. The summed E-state index contributed by atoms with van der Waals surface area (Å²) in [5, 5.41) is 15.4. The van der Waals surface area contributed by atoms with E-state index in [4.69, 9.17) is 0 Å². The minimum absolute atomic E-state index is 0.123. The molecule has 3 N–H and O–H groups in total. The molecule has 4 nitrogen and oxygen atoms in total. The SMILES string of the molecule is CCC(C)(O)CNC(=O)CNc1ccccc1. The molecular weight excluding hydrogens is 216 g/mol. The predicted octanol–water partition coefficient (Wildman–Crippen LogP) is 1.38. The third-order valence-corrected chi connectivity index (χ3v) is 2.65. The van der Waals surface area contributed by atoms with Crippen LogP contribution in [0.4, 0.5) is 5.69 Å². The van der Waals surface area contributed by atoms with Crippen molar-refractivity contribution in [2.24, 2.45) is 0 Å². The van der Waals surface area contributed by atoms with Gasteiger partial charge in [0.1, 0.15) is 0 Å². The molecule has 1 unspecified atom stereocenters. The van der Waals surface area contributed by atoms with Gasteiger partial charge in [0.25, 0.3) is 0 Å². The Bertz CT molecular complexity index is 350. The van der Waals surface area contributed by atoms with E-state index in [1.807, 2.05) is 37.3 Å². The number of carbonyl (C=O) groups excluding carboxylic acids is 1. The minimum atomic E-state index is -0.831.